The number of hydrogen-bond donors (Lipinski definition) is 1. The van der Waals surface area contributed by atoms with E-state index in [2.05, 4.69) is 9.97 Å². The Kier molecular flexibility index (Phi) is 3.96. The Labute approximate surface area is 111 Å². The van der Waals surface area contributed by atoms with Gasteiger partial charge in [0.2, 0.25) is 5.95 Å². The van der Waals surface area contributed by atoms with Crippen LogP contribution in [0.1, 0.15) is 16.2 Å². The molecule has 0 spiro atoms. The molecule has 2 unspecified atom stereocenters. The molecule has 0 aromatic carbocycles. The zero-order valence-electron chi connectivity index (χ0n) is 11.2. The number of carboxylic acids is 1. The predicted octanol–water partition coefficient (Wildman–Crippen LogP) is 0.333. The minimum Gasteiger partial charge on any atom is -0.477 e. The summed E-state index contributed by atoms with van der Waals surface area (Å²) in [5.41, 5.74) is 0.620. The first-order chi connectivity index (χ1) is 9.05. The number of anilines is 1. The van der Waals surface area contributed by atoms with Crippen LogP contribution in [-0.2, 0) is 9.47 Å². The van der Waals surface area contributed by atoms with Crippen LogP contribution < -0.4 is 4.90 Å². The highest BCUT2D eigenvalue weighted by molar-refractivity contribution is 5.85. The monoisotopic (exact) mass is 267 g/mol. The van der Waals surface area contributed by atoms with Crippen molar-refractivity contribution in [3.63, 3.8) is 0 Å². The van der Waals surface area contributed by atoms with Gasteiger partial charge in [-0.15, -0.1) is 0 Å². The molecule has 19 heavy (non-hydrogen) atoms. The normalized spacial score (nSPS) is 22.8. The van der Waals surface area contributed by atoms with Crippen LogP contribution in [0.4, 0.5) is 5.95 Å². The van der Waals surface area contributed by atoms with Crippen molar-refractivity contribution in [1.82, 2.24) is 9.97 Å². The molecule has 104 valence electrons. The van der Waals surface area contributed by atoms with Crippen molar-refractivity contribution in [3.8, 4) is 0 Å². The molecular formula is C12H17N3O4. The van der Waals surface area contributed by atoms with E-state index in [0.717, 1.165) is 0 Å². The van der Waals surface area contributed by atoms with Crippen LogP contribution in [0.2, 0.25) is 0 Å². The fourth-order valence-electron chi connectivity index (χ4n) is 2.16. The second-order valence-corrected chi connectivity index (χ2v) is 4.45. The van der Waals surface area contributed by atoms with E-state index in [4.69, 9.17) is 14.6 Å². The number of carbonyl (C=O) groups is 1. The molecule has 0 aliphatic carbocycles. The lowest BCUT2D eigenvalue weighted by Gasteiger charge is -2.16. The number of methoxy groups -OCH3 is 2. The van der Waals surface area contributed by atoms with Gasteiger partial charge in [0.25, 0.3) is 0 Å². The molecule has 2 heterocycles. The van der Waals surface area contributed by atoms with E-state index in [1.165, 1.54) is 6.07 Å². The van der Waals surface area contributed by atoms with E-state index in [1.54, 1.807) is 21.1 Å². The minimum atomic E-state index is -1.06. The van der Waals surface area contributed by atoms with Crippen LogP contribution in [0.5, 0.6) is 0 Å². The Balaban J connectivity index is 2.25. The number of aromatic carboxylic acids is 1. The zero-order valence-corrected chi connectivity index (χ0v) is 11.2. The average molecular weight is 267 g/mol. The van der Waals surface area contributed by atoms with E-state index < -0.39 is 5.97 Å². The Morgan fingerprint density at radius 2 is 1.89 bits per heavy atom. The molecule has 0 saturated carbocycles. The molecule has 7 nitrogen and oxygen atoms in total. The molecule has 2 rings (SSSR count). The maximum atomic E-state index is 11.0. The first kappa shape index (κ1) is 13.7. The average Bonchev–Trinajstić information content (AvgIpc) is 2.81. The SMILES string of the molecule is COC1CN(c2nc(C)cc(C(=O)O)n2)CC1OC. The second kappa shape index (κ2) is 5.50. The van der Waals surface area contributed by atoms with Crippen LogP contribution in [-0.4, -0.2) is 60.6 Å². The van der Waals surface area contributed by atoms with E-state index in [1.807, 2.05) is 4.90 Å². The first-order valence-corrected chi connectivity index (χ1v) is 5.94. The lowest BCUT2D eigenvalue weighted by atomic mass is 10.3. The molecule has 7 heteroatoms. The van der Waals surface area contributed by atoms with Crippen molar-refractivity contribution in [1.29, 1.82) is 0 Å². The van der Waals surface area contributed by atoms with Gasteiger partial charge in [-0.05, 0) is 13.0 Å². The third kappa shape index (κ3) is 2.82. The fourth-order valence-corrected chi connectivity index (χ4v) is 2.16. The summed E-state index contributed by atoms with van der Waals surface area (Å²) < 4.78 is 10.7. The third-order valence-electron chi connectivity index (χ3n) is 3.17. The number of aryl methyl sites for hydroxylation is 1. The van der Waals surface area contributed by atoms with E-state index in [-0.39, 0.29) is 17.9 Å². The van der Waals surface area contributed by atoms with Gasteiger partial charge < -0.3 is 19.5 Å². The second-order valence-electron chi connectivity index (χ2n) is 4.45. The summed E-state index contributed by atoms with van der Waals surface area (Å²) >= 11 is 0. The topological polar surface area (TPSA) is 84.8 Å². The van der Waals surface area contributed by atoms with Gasteiger partial charge >= 0.3 is 5.97 Å². The lowest BCUT2D eigenvalue weighted by Crippen LogP contribution is -2.27. The van der Waals surface area contributed by atoms with Gasteiger partial charge in [0.1, 0.15) is 12.2 Å². The van der Waals surface area contributed by atoms with Gasteiger partial charge in [0.05, 0.1) is 0 Å². The van der Waals surface area contributed by atoms with Gasteiger partial charge in [-0.1, -0.05) is 0 Å². The highest BCUT2D eigenvalue weighted by Gasteiger charge is 2.34. The Bertz CT molecular complexity index is 468. The summed E-state index contributed by atoms with van der Waals surface area (Å²) in [6.45, 7) is 2.91. The number of aromatic nitrogens is 2. The lowest BCUT2D eigenvalue weighted by molar-refractivity contribution is -0.00461. The number of hydrogen-bond acceptors (Lipinski definition) is 6. The maximum Gasteiger partial charge on any atom is 0.354 e. The minimum absolute atomic E-state index is 0.00247. The largest absolute Gasteiger partial charge is 0.477 e. The number of rotatable bonds is 4. The standard InChI is InChI=1S/C12H17N3O4/c1-7-4-8(11(16)17)14-12(13-7)15-5-9(18-2)10(6-15)19-3/h4,9-10H,5-6H2,1-3H3,(H,16,17). The van der Waals surface area contributed by atoms with Gasteiger partial charge in [0.15, 0.2) is 5.69 Å². The van der Waals surface area contributed by atoms with Crippen LogP contribution in [0.25, 0.3) is 0 Å². The van der Waals surface area contributed by atoms with Crippen LogP contribution >= 0.6 is 0 Å². The third-order valence-corrected chi connectivity index (χ3v) is 3.17. The number of carboxylic acid groups (broad SMARTS) is 1. The Morgan fingerprint density at radius 3 is 2.37 bits per heavy atom. The molecular weight excluding hydrogens is 250 g/mol. The van der Waals surface area contributed by atoms with Crippen molar-refractivity contribution in [3.05, 3.63) is 17.5 Å². The van der Waals surface area contributed by atoms with E-state index in [0.29, 0.717) is 24.7 Å². The van der Waals surface area contributed by atoms with Crippen LogP contribution in [0, 0.1) is 6.92 Å². The molecule has 0 amide bonds. The van der Waals surface area contributed by atoms with Crippen molar-refractivity contribution >= 4 is 11.9 Å². The van der Waals surface area contributed by atoms with Gasteiger partial charge in [-0.2, -0.15) is 0 Å². The van der Waals surface area contributed by atoms with Crippen LogP contribution in [0.3, 0.4) is 0 Å². The molecule has 1 saturated heterocycles. The first-order valence-electron chi connectivity index (χ1n) is 5.94. The van der Waals surface area contributed by atoms with E-state index >= 15 is 0 Å². The summed E-state index contributed by atoms with van der Waals surface area (Å²) in [4.78, 5) is 21.2. The van der Waals surface area contributed by atoms with Crippen molar-refractivity contribution in [2.45, 2.75) is 19.1 Å². The Morgan fingerprint density at radius 1 is 1.32 bits per heavy atom. The Hall–Kier alpha value is -1.73. The quantitative estimate of drug-likeness (QED) is 0.841. The van der Waals surface area contributed by atoms with Crippen molar-refractivity contribution in [2.24, 2.45) is 0 Å². The highest BCUT2D eigenvalue weighted by Crippen LogP contribution is 2.21. The molecule has 0 bridgehead atoms. The van der Waals surface area contributed by atoms with Gasteiger partial charge in [-0.3, -0.25) is 0 Å². The van der Waals surface area contributed by atoms with Crippen molar-refractivity contribution in [2.75, 3.05) is 32.2 Å². The summed E-state index contributed by atoms with van der Waals surface area (Å²) in [6, 6.07) is 1.45. The molecule has 1 aliphatic rings. The van der Waals surface area contributed by atoms with E-state index in [9.17, 15) is 4.79 Å². The zero-order chi connectivity index (χ0) is 14.0. The summed E-state index contributed by atoms with van der Waals surface area (Å²) in [6.07, 6.45) is -0.134. The number of nitrogens with zero attached hydrogens (tertiary/aromatic N) is 3. The number of ether oxygens (including phenoxy) is 2. The van der Waals surface area contributed by atoms with Crippen molar-refractivity contribution < 1.29 is 19.4 Å². The molecule has 1 fully saturated rings. The summed E-state index contributed by atoms with van der Waals surface area (Å²) in [5.74, 6) is -0.656. The molecule has 0 radical (unpaired) electrons. The predicted molar refractivity (Wildman–Crippen MR) is 67.5 cm³/mol. The molecule has 1 aliphatic heterocycles. The van der Waals surface area contributed by atoms with Gasteiger partial charge in [-0.25, -0.2) is 14.8 Å². The fraction of sp³-hybridized carbons (Fsp3) is 0.583. The molecule has 1 aromatic heterocycles. The molecule has 1 N–H and O–H groups in total. The smallest absolute Gasteiger partial charge is 0.354 e. The summed E-state index contributed by atoms with van der Waals surface area (Å²) in [7, 11) is 3.25. The van der Waals surface area contributed by atoms with Crippen LogP contribution in [0.15, 0.2) is 6.07 Å². The highest BCUT2D eigenvalue weighted by atomic mass is 16.5. The van der Waals surface area contributed by atoms with Gasteiger partial charge in [0, 0.05) is 33.0 Å². The summed E-state index contributed by atoms with van der Waals surface area (Å²) in [5, 5.41) is 9.01. The molecule has 1 aromatic rings. The molecule has 2 atom stereocenters. The maximum absolute atomic E-state index is 11.0.